The smallest absolute Gasteiger partial charge is 0.253 e. The fraction of sp³-hybridized carbons (Fsp3) is 0.286. The molecule has 0 N–H and O–H groups in total. The van der Waals surface area contributed by atoms with Crippen LogP contribution in [0.25, 0.3) is 10.9 Å². The van der Waals surface area contributed by atoms with Crippen molar-refractivity contribution in [1.82, 2.24) is 14.9 Å². The van der Waals surface area contributed by atoms with Crippen LogP contribution in [0.3, 0.4) is 0 Å². The highest BCUT2D eigenvalue weighted by atomic mass is 16.2. The molecule has 4 heteroatoms. The number of hydrogen-bond acceptors (Lipinski definition) is 3. The zero-order chi connectivity index (χ0) is 17.1. The molecule has 126 valence electrons. The first-order valence-corrected chi connectivity index (χ1v) is 8.83. The maximum Gasteiger partial charge on any atom is 0.253 e. The zero-order valence-electron chi connectivity index (χ0n) is 14.1. The fourth-order valence-corrected chi connectivity index (χ4v) is 3.62. The van der Waals surface area contributed by atoms with E-state index < -0.39 is 0 Å². The number of hydrogen-bond donors (Lipinski definition) is 0. The van der Waals surface area contributed by atoms with Crippen LogP contribution in [0.15, 0.2) is 60.9 Å². The molecular formula is C21H21N3O. The number of nitrogens with zero attached hydrogens (tertiary/aromatic N) is 3. The van der Waals surface area contributed by atoms with Crippen molar-refractivity contribution < 1.29 is 4.79 Å². The van der Waals surface area contributed by atoms with Crippen LogP contribution in [0.2, 0.25) is 0 Å². The minimum atomic E-state index is 0.122. The van der Waals surface area contributed by atoms with Crippen LogP contribution in [0.5, 0.6) is 0 Å². The third-order valence-corrected chi connectivity index (χ3v) is 4.88. The summed E-state index contributed by atoms with van der Waals surface area (Å²) in [7, 11) is 0. The van der Waals surface area contributed by atoms with Crippen molar-refractivity contribution in [2.75, 3.05) is 13.1 Å². The minimum Gasteiger partial charge on any atom is -0.338 e. The summed E-state index contributed by atoms with van der Waals surface area (Å²) in [6.45, 7) is 1.64. The molecule has 1 aliphatic heterocycles. The van der Waals surface area contributed by atoms with Gasteiger partial charge in [-0.2, -0.15) is 0 Å². The molecule has 0 bridgehead atoms. The van der Waals surface area contributed by atoms with E-state index in [1.807, 2.05) is 53.6 Å². The van der Waals surface area contributed by atoms with E-state index in [1.165, 1.54) is 0 Å². The maximum atomic E-state index is 12.9. The summed E-state index contributed by atoms with van der Waals surface area (Å²) < 4.78 is 0. The average Bonchev–Trinajstić information content (AvgIpc) is 2.68. The van der Waals surface area contributed by atoms with Gasteiger partial charge in [-0.3, -0.25) is 14.8 Å². The fourth-order valence-electron chi connectivity index (χ4n) is 3.62. The van der Waals surface area contributed by atoms with Crippen molar-refractivity contribution >= 4 is 16.8 Å². The molecule has 0 spiro atoms. The third-order valence-electron chi connectivity index (χ3n) is 4.88. The number of fused-ring (bicyclic) bond motifs is 1. The van der Waals surface area contributed by atoms with Crippen LogP contribution >= 0.6 is 0 Å². The molecule has 1 amide bonds. The van der Waals surface area contributed by atoms with Crippen LogP contribution in [-0.4, -0.2) is 33.9 Å². The number of benzene rings is 1. The molecule has 25 heavy (non-hydrogen) atoms. The molecular weight excluding hydrogens is 310 g/mol. The van der Waals surface area contributed by atoms with Gasteiger partial charge in [0.15, 0.2) is 0 Å². The summed E-state index contributed by atoms with van der Waals surface area (Å²) in [4.78, 5) is 23.7. The first kappa shape index (κ1) is 15.8. The Labute approximate surface area is 147 Å². The van der Waals surface area contributed by atoms with E-state index in [0.717, 1.165) is 54.5 Å². The van der Waals surface area contributed by atoms with Gasteiger partial charge in [0.25, 0.3) is 5.91 Å². The lowest BCUT2D eigenvalue weighted by Gasteiger charge is -2.32. The van der Waals surface area contributed by atoms with Crippen LogP contribution in [0, 0.1) is 5.92 Å². The monoisotopic (exact) mass is 331 g/mol. The Morgan fingerprint density at radius 3 is 2.88 bits per heavy atom. The molecule has 4 nitrogen and oxygen atoms in total. The lowest BCUT2D eigenvalue weighted by atomic mass is 9.92. The van der Waals surface area contributed by atoms with E-state index in [-0.39, 0.29) is 5.91 Å². The largest absolute Gasteiger partial charge is 0.338 e. The normalized spacial score (nSPS) is 17.6. The van der Waals surface area contributed by atoms with Crippen LogP contribution in [-0.2, 0) is 6.42 Å². The third kappa shape index (κ3) is 3.53. The Morgan fingerprint density at radius 1 is 1.08 bits per heavy atom. The topological polar surface area (TPSA) is 46.1 Å². The summed E-state index contributed by atoms with van der Waals surface area (Å²) in [5, 5.41) is 1.01. The SMILES string of the molecule is O=C(c1ccc2ncccc2c1)N1CCC[C@H](Cc2ccccn2)C1. The Balaban J connectivity index is 1.49. The Hall–Kier alpha value is -2.75. The highest BCUT2D eigenvalue weighted by molar-refractivity contribution is 5.98. The minimum absolute atomic E-state index is 0.122. The molecule has 3 aromatic rings. The number of rotatable bonds is 3. The molecule has 0 radical (unpaired) electrons. The number of aromatic nitrogens is 2. The predicted octanol–water partition coefficient (Wildman–Crippen LogP) is 3.72. The van der Waals surface area contributed by atoms with Crippen LogP contribution in [0.4, 0.5) is 0 Å². The van der Waals surface area contributed by atoms with Crippen LogP contribution < -0.4 is 0 Å². The molecule has 0 aliphatic carbocycles. The first-order chi connectivity index (χ1) is 12.3. The van der Waals surface area contributed by atoms with Gasteiger partial charge in [-0.15, -0.1) is 0 Å². The van der Waals surface area contributed by atoms with Crippen LogP contribution in [0.1, 0.15) is 28.9 Å². The molecule has 1 atom stereocenters. The summed E-state index contributed by atoms with van der Waals surface area (Å²) in [5.74, 6) is 0.603. The predicted molar refractivity (Wildman–Crippen MR) is 98.3 cm³/mol. The lowest BCUT2D eigenvalue weighted by Crippen LogP contribution is -2.40. The van der Waals surface area contributed by atoms with Crippen molar-refractivity contribution in [2.24, 2.45) is 5.92 Å². The molecule has 1 saturated heterocycles. The second kappa shape index (κ2) is 7.01. The number of amides is 1. The average molecular weight is 331 g/mol. The number of pyridine rings is 2. The number of carbonyl (C=O) groups excluding carboxylic acids is 1. The van der Waals surface area contributed by atoms with Gasteiger partial charge in [-0.1, -0.05) is 12.1 Å². The second-order valence-corrected chi connectivity index (χ2v) is 6.70. The van der Waals surface area contributed by atoms with Gasteiger partial charge in [0.2, 0.25) is 0 Å². The van der Waals surface area contributed by atoms with Gasteiger partial charge >= 0.3 is 0 Å². The second-order valence-electron chi connectivity index (χ2n) is 6.70. The molecule has 4 rings (SSSR count). The molecule has 1 fully saturated rings. The summed E-state index contributed by atoms with van der Waals surface area (Å²) in [6.07, 6.45) is 6.76. The highest BCUT2D eigenvalue weighted by Gasteiger charge is 2.25. The van der Waals surface area contributed by atoms with E-state index in [0.29, 0.717) is 5.92 Å². The van der Waals surface area contributed by atoms with Gasteiger partial charge in [0, 0.05) is 42.1 Å². The van der Waals surface area contributed by atoms with Gasteiger partial charge in [-0.25, -0.2) is 0 Å². The van der Waals surface area contributed by atoms with Crippen molar-refractivity contribution in [1.29, 1.82) is 0 Å². The quantitative estimate of drug-likeness (QED) is 0.735. The maximum absolute atomic E-state index is 12.9. The molecule has 3 heterocycles. The number of likely N-dealkylation sites (tertiary alicyclic amines) is 1. The van der Waals surface area contributed by atoms with Gasteiger partial charge in [0.1, 0.15) is 0 Å². The summed E-state index contributed by atoms with van der Waals surface area (Å²) in [6, 6.07) is 15.7. The lowest BCUT2D eigenvalue weighted by molar-refractivity contribution is 0.0673. The van der Waals surface area contributed by atoms with E-state index in [9.17, 15) is 4.79 Å². The van der Waals surface area contributed by atoms with Crippen molar-refractivity contribution in [3.63, 3.8) is 0 Å². The Morgan fingerprint density at radius 2 is 2.00 bits per heavy atom. The Bertz CT molecular complexity index is 878. The number of piperidine rings is 1. The number of carbonyl (C=O) groups is 1. The summed E-state index contributed by atoms with van der Waals surface area (Å²) >= 11 is 0. The highest BCUT2D eigenvalue weighted by Crippen LogP contribution is 2.22. The van der Waals surface area contributed by atoms with E-state index >= 15 is 0 Å². The molecule has 2 aromatic heterocycles. The summed E-state index contributed by atoms with van der Waals surface area (Å²) in [5.41, 5.74) is 2.78. The molecule has 0 saturated carbocycles. The zero-order valence-corrected chi connectivity index (χ0v) is 14.1. The van der Waals surface area contributed by atoms with Gasteiger partial charge < -0.3 is 4.90 Å². The van der Waals surface area contributed by atoms with Crippen molar-refractivity contribution in [3.8, 4) is 0 Å². The molecule has 0 unspecified atom stereocenters. The standard InChI is InChI=1S/C21H21N3O/c25-21(18-8-9-20-17(14-18)6-3-11-23-20)24-12-4-5-16(15-24)13-19-7-1-2-10-22-19/h1-3,6-11,14,16H,4-5,12-13,15H2/t16-/m1/s1. The molecule has 1 aliphatic rings. The van der Waals surface area contributed by atoms with E-state index in [4.69, 9.17) is 0 Å². The van der Waals surface area contributed by atoms with Gasteiger partial charge in [0.05, 0.1) is 5.52 Å². The van der Waals surface area contributed by atoms with Gasteiger partial charge in [-0.05, 0) is 61.6 Å². The molecule has 1 aromatic carbocycles. The van der Waals surface area contributed by atoms with Crippen molar-refractivity contribution in [2.45, 2.75) is 19.3 Å². The first-order valence-electron chi connectivity index (χ1n) is 8.83. The van der Waals surface area contributed by atoms with E-state index in [1.54, 1.807) is 6.20 Å². The van der Waals surface area contributed by atoms with Crippen molar-refractivity contribution in [3.05, 3.63) is 72.2 Å². The Kier molecular flexibility index (Phi) is 4.42. The van der Waals surface area contributed by atoms with E-state index in [2.05, 4.69) is 16.0 Å².